The van der Waals surface area contributed by atoms with Crippen molar-refractivity contribution in [2.24, 2.45) is 0 Å². The van der Waals surface area contributed by atoms with E-state index < -0.39 is 0 Å². The topological polar surface area (TPSA) is 17.1 Å². The molecule has 0 aromatic carbocycles. The van der Waals surface area contributed by atoms with Crippen LogP contribution in [0.2, 0.25) is 0 Å². The lowest BCUT2D eigenvalue weighted by Gasteiger charge is -2.02. The van der Waals surface area contributed by atoms with E-state index in [2.05, 4.69) is 13.8 Å². The quantitative estimate of drug-likeness (QED) is 0.542. The van der Waals surface area contributed by atoms with E-state index in [1.165, 1.54) is 0 Å². The summed E-state index contributed by atoms with van der Waals surface area (Å²) in [5.74, 6) is 0.648. The Bertz CT molecular complexity index is 63.5. The van der Waals surface area contributed by atoms with Crippen molar-refractivity contribution >= 4 is 18.0 Å². The Morgan fingerprint density at radius 3 is 2.75 bits per heavy atom. The summed E-state index contributed by atoms with van der Waals surface area (Å²) in [7, 11) is 0. The minimum absolute atomic E-state index is 0.639. The SMILES string of the molecule is CCC(C)SCC=O. The fourth-order valence-corrected chi connectivity index (χ4v) is 0.964. The zero-order chi connectivity index (χ0) is 6.41. The minimum atomic E-state index is 0.639. The van der Waals surface area contributed by atoms with Gasteiger partial charge in [0, 0.05) is 11.0 Å². The predicted molar refractivity (Wildman–Crippen MR) is 38.3 cm³/mol. The van der Waals surface area contributed by atoms with Gasteiger partial charge in [-0.15, -0.1) is 0 Å². The molecule has 0 aliphatic heterocycles. The van der Waals surface area contributed by atoms with E-state index in [1.54, 1.807) is 11.8 Å². The number of carbonyl (C=O) groups is 1. The van der Waals surface area contributed by atoms with Gasteiger partial charge in [0.2, 0.25) is 0 Å². The molecule has 1 unspecified atom stereocenters. The Labute approximate surface area is 54.8 Å². The monoisotopic (exact) mass is 132 g/mol. The number of carbonyl (C=O) groups excluding carboxylic acids is 1. The molecule has 0 aromatic heterocycles. The van der Waals surface area contributed by atoms with Crippen LogP contribution >= 0.6 is 11.8 Å². The lowest BCUT2D eigenvalue weighted by atomic mass is 10.4. The van der Waals surface area contributed by atoms with Gasteiger partial charge in [0.05, 0.1) is 0 Å². The van der Waals surface area contributed by atoms with Crippen molar-refractivity contribution in [2.75, 3.05) is 5.75 Å². The maximum atomic E-state index is 9.80. The van der Waals surface area contributed by atoms with E-state index in [9.17, 15) is 4.79 Å². The smallest absolute Gasteiger partial charge is 0.129 e. The van der Waals surface area contributed by atoms with Crippen molar-refractivity contribution in [2.45, 2.75) is 25.5 Å². The molecule has 0 saturated carbocycles. The van der Waals surface area contributed by atoms with Crippen molar-refractivity contribution in [3.05, 3.63) is 0 Å². The molecule has 0 N–H and O–H groups in total. The van der Waals surface area contributed by atoms with Gasteiger partial charge in [-0.25, -0.2) is 0 Å². The van der Waals surface area contributed by atoms with E-state index in [4.69, 9.17) is 0 Å². The highest BCUT2D eigenvalue weighted by atomic mass is 32.2. The largest absolute Gasteiger partial charge is 0.302 e. The fourth-order valence-electron chi connectivity index (χ4n) is 0.321. The van der Waals surface area contributed by atoms with Gasteiger partial charge in [-0.05, 0) is 6.42 Å². The summed E-state index contributed by atoms with van der Waals surface area (Å²) < 4.78 is 0. The van der Waals surface area contributed by atoms with Crippen molar-refractivity contribution in [3.8, 4) is 0 Å². The fraction of sp³-hybridized carbons (Fsp3) is 0.833. The standard InChI is InChI=1S/C6H12OS/c1-3-6(2)8-5-4-7/h4,6H,3,5H2,1-2H3. The molecule has 0 saturated heterocycles. The number of rotatable bonds is 4. The molecule has 0 rings (SSSR count). The third-order valence-electron chi connectivity index (χ3n) is 1.02. The summed E-state index contributed by atoms with van der Waals surface area (Å²) in [6.07, 6.45) is 2.11. The van der Waals surface area contributed by atoms with Crippen LogP contribution in [0.3, 0.4) is 0 Å². The average Bonchev–Trinajstić information content (AvgIpc) is 1.83. The third kappa shape index (κ3) is 4.19. The maximum Gasteiger partial charge on any atom is 0.129 e. The molecular formula is C6H12OS. The highest BCUT2D eigenvalue weighted by molar-refractivity contribution is 8.00. The first-order valence-electron chi connectivity index (χ1n) is 2.86. The molecule has 8 heavy (non-hydrogen) atoms. The number of thioether (sulfide) groups is 1. The maximum absolute atomic E-state index is 9.80. The molecule has 0 aliphatic rings. The molecule has 2 heteroatoms. The minimum Gasteiger partial charge on any atom is -0.302 e. The summed E-state index contributed by atoms with van der Waals surface area (Å²) in [6, 6.07) is 0. The molecule has 0 heterocycles. The second-order valence-corrected chi connectivity index (χ2v) is 3.19. The first-order valence-corrected chi connectivity index (χ1v) is 3.91. The Kier molecular flexibility index (Phi) is 5.18. The highest BCUT2D eigenvalue weighted by Gasteiger charge is 1.95. The predicted octanol–water partition coefficient (Wildman–Crippen LogP) is 1.72. The van der Waals surface area contributed by atoms with E-state index in [1.807, 2.05) is 0 Å². The third-order valence-corrected chi connectivity index (χ3v) is 2.25. The van der Waals surface area contributed by atoms with Crippen LogP contribution in [0.15, 0.2) is 0 Å². The van der Waals surface area contributed by atoms with Crippen LogP contribution in [0, 0.1) is 0 Å². The van der Waals surface area contributed by atoms with Crippen LogP contribution in [0.5, 0.6) is 0 Å². The van der Waals surface area contributed by atoms with Crippen molar-refractivity contribution in [1.82, 2.24) is 0 Å². The zero-order valence-electron chi connectivity index (χ0n) is 5.39. The molecule has 1 nitrogen and oxygen atoms in total. The number of hydrogen-bond donors (Lipinski definition) is 0. The van der Waals surface area contributed by atoms with Crippen molar-refractivity contribution in [1.29, 1.82) is 0 Å². The molecule has 0 amide bonds. The molecule has 0 fully saturated rings. The summed E-state index contributed by atoms with van der Waals surface area (Å²) in [5, 5.41) is 0.639. The van der Waals surface area contributed by atoms with Gasteiger partial charge in [0.1, 0.15) is 6.29 Å². The molecule has 0 spiro atoms. The number of hydrogen-bond acceptors (Lipinski definition) is 2. The van der Waals surface area contributed by atoms with E-state index in [0.717, 1.165) is 12.7 Å². The molecule has 1 atom stereocenters. The Morgan fingerprint density at radius 2 is 2.38 bits per heavy atom. The van der Waals surface area contributed by atoms with Crippen LogP contribution < -0.4 is 0 Å². The van der Waals surface area contributed by atoms with Gasteiger partial charge in [-0.1, -0.05) is 13.8 Å². The van der Waals surface area contributed by atoms with Gasteiger partial charge in [-0.2, -0.15) is 11.8 Å². The molecule has 0 bridgehead atoms. The van der Waals surface area contributed by atoms with Gasteiger partial charge in [0.25, 0.3) is 0 Å². The Hall–Kier alpha value is 0.0200. The molecular weight excluding hydrogens is 120 g/mol. The lowest BCUT2D eigenvalue weighted by Crippen LogP contribution is -1.94. The van der Waals surface area contributed by atoms with E-state index in [0.29, 0.717) is 11.0 Å². The molecule has 0 radical (unpaired) electrons. The highest BCUT2D eigenvalue weighted by Crippen LogP contribution is 2.10. The Morgan fingerprint density at radius 1 is 1.75 bits per heavy atom. The van der Waals surface area contributed by atoms with Crippen molar-refractivity contribution in [3.63, 3.8) is 0 Å². The van der Waals surface area contributed by atoms with Crippen LogP contribution in [0.1, 0.15) is 20.3 Å². The van der Waals surface area contributed by atoms with Gasteiger partial charge < -0.3 is 4.79 Å². The second-order valence-electron chi connectivity index (χ2n) is 1.72. The normalized spacial score (nSPS) is 13.2. The summed E-state index contributed by atoms with van der Waals surface area (Å²) >= 11 is 1.71. The van der Waals surface area contributed by atoms with Gasteiger partial charge in [-0.3, -0.25) is 0 Å². The zero-order valence-corrected chi connectivity index (χ0v) is 6.20. The second kappa shape index (κ2) is 5.16. The van der Waals surface area contributed by atoms with Crippen LogP contribution in [-0.2, 0) is 4.79 Å². The molecule has 0 aromatic rings. The lowest BCUT2D eigenvalue weighted by molar-refractivity contribution is -0.105. The van der Waals surface area contributed by atoms with E-state index >= 15 is 0 Å². The van der Waals surface area contributed by atoms with Crippen LogP contribution in [0.25, 0.3) is 0 Å². The van der Waals surface area contributed by atoms with Crippen LogP contribution in [-0.4, -0.2) is 17.3 Å². The van der Waals surface area contributed by atoms with Gasteiger partial charge in [0.15, 0.2) is 0 Å². The first-order chi connectivity index (χ1) is 3.81. The molecule has 48 valence electrons. The van der Waals surface area contributed by atoms with E-state index in [-0.39, 0.29) is 0 Å². The summed E-state index contributed by atoms with van der Waals surface area (Å²) in [5.41, 5.74) is 0. The average molecular weight is 132 g/mol. The van der Waals surface area contributed by atoms with Crippen molar-refractivity contribution < 1.29 is 4.79 Å². The summed E-state index contributed by atoms with van der Waals surface area (Å²) in [6.45, 7) is 4.26. The van der Waals surface area contributed by atoms with Gasteiger partial charge >= 0.3 is 0 Å². The Balaban J connectivity index is 2.97. The van der Waals surface area contributed by atoms with Crippen LogP contribution in [0.4, 0.5) is 0 Å². The molecule has 0 aliphatic carbocycles. The first kappa shape index (κ1) is 8.02. The number of aldehydes is 1. The summed E-state index contributed by atoms with van der Waals surface area (Å²) in [4.78, 5) is 9.80.